The van der Waals surface area contributed by atoms with E-state index in [1.165, 1.54) is 31.2 Å². The summed E-state index contributed by atoms with van der Waals surface area (Å²) < 4.78 is 11.2. The van der Waals surface area contributed by atoms with E-state index < -0.39 is 48.0 Å². The number of aliphatic hydroxyl groups excluding tert-OH is 3. The van der Waals surface area contributed by atoms with Gasteiger partial charge in [0.1, 0.15) is 29.8 Å². The van der Waals surface area contributed by atoms with Crippen LogP contribution < -0.4 is 4.74 Å². The van der Waals surface area contributed by atoms with Gasteiger partial charge in [-0.05, 0) is 37.0 Å². The van der Waals surface area contributed by atoms with E-state index in [-0.39, 0.29) is 51.7 Å². The number of benzene rings is 2. The van der Waals surface area contributed by atoms with Gasteiger partial charge in [0, 0.05) is 23.1 Å². The molecule has 0 aromatic heterocycles. The highest BCUT2D eigenvalue weighted by molar-refractivity contribution is 6.32. The number of hydrogen-bond donors (Lipinski definition) is 4. The molecule has 0 unspecified atom stereocenters. The molecule has 1 heterocycles. The fourth-order valence-corrected chi connectivity index (χ4v) is 5.07. The molecule has 178 valence electrons. The number of fused-ring (bicyclic) bond motifs is 4. The Morgan fingerprint density at radius 1 is 0.882 bits per heavy atom. The zero-order valence-corrected chi connectivity index (χ0v) is 18.5. The van der Waals surface area contributed by atoms with Crippen molar-refractivity contribution in [2.24, 2.45) is 5.92 Å². The van der Waals surface area contributed by atoms with Crippen LogP contribution >= 0.6 is 0 Å². The van der Waals surface area contributed by atoms with E-state index >= 15 is 0 Å². The molecule has 34 heavy (non-hydrogen) atoms. The summed E-state index contributed by atoms with van der Waals surface area (Å²) in [5.74, 6) is -1.97. The van der Waals surface area contributed by atoms with E-state index in [1.54, 1.807) is 0 Å². The largest absolute Gasteiger partial charge is 0.507 e. The van der Waals surface area contributed by atoms with Gasteiger partial charge in [-0.1, -0.05) is 19.1 Å². The maximum atomic E-state index is 13.6. The maximum Gasteiger partial charge on any atom is 0.229 e. The van der Waals surface area contributed by atoms with Gasteiger partial charge in [-0.25, -0.2) is 0 Å². The Hall–Kier alpha value is -3.11. The Labute approximate surface area is 194 Å². The first-order valence-corrected chi connectivity index (χ1v) is 11.1. The Morgan fingerprint density at radius 3 is 2.35 bits per heavy atom. The van der Waals surface area contributed by atoms with Crippen molar-refractivity contribution in [2.75, 3.05) is 0 Å². The number of phenolic OH excluding ortho intramolecular Hbond substituents is 1. The van der Waals surface area contributed by atoms with E-state index in [1.807, 2.05) is 6.92 Å². The third kappa shape index (κ3) is 3.27. The van der Waals surface area contributed by atoms with Gasteiger partial charge in [-0.3, -0.25) is 14.4 Å². The van der Waals surface area contributed by atoms with E-state index in [2.05, 4.69) is 0 Å². The molecule has 1 fully saturated rings. The van der Waals surface area contributed by atoms with Gasteiger partial charge in [0.25, 0.3) is 0 Å². The van der Waals surface area contributed by atoms with E-state index in [0.29, 0.717) is 12.0 Å². The monoisotopic (exact) mass is 468 g/mol. The summed E-state index contributed by atoms with van der Waals surface area (Å²) in [6, 6.07) is 5.68. The predicted octanol–water partition coefficient (Wildman–Crippen LogP) is 1.14. The minimum absolute atomic E-state index is 0.00634. The zero-order chi connectivity index (χ0) is 24.5. The number of carbonyl (C=O) groups excluding carboxylic acids is 3. The van der Waals surface area contributed by atoms with Gasteiger partial charge in [-0.15, -0.1) is 0 Å². The molecule has 4 N–H and O–H groups in total. The predicted molar refractivity (Wildman–Crippen MR) is 116 cm³/mol. The van der Waals surface area contributed by atoms with Crippen LogP contribution in [0.3, 0.4) is 0 Å². The lowest BCUT2D eigenvalue weighted by Crippen LogP contribution is -2.58. The Kier molecular flexibility index (Phi) is 5.33. The number of aromatic hydroxyl groups is 1. The molecule has 9 heteroatoms. The van der Waals surface area contributed by atoms with Crippen molar-refractivity contribution in [3.8, 4) is 11.5 Å². The highest BCUT2D eigenvalue weighted by Crippen LogP contribution is 2.42. The molecule has 2 aliphatic carbocycles. The van der Waals surface area contributed by atoms with Gasteiger partial charge in [0.15, 0.2) is 11.6 Å². The first-order chi connectivity index (χ1) is 16.1. The molecular weight excluding hydrogens is 444 g/mol. The van der Waals surface area contributed by atoms with Crippen LogP contribution in [0.2, 0.25) is 0 Å². The Balaban J connectivity index is 1.60. The zero-order valence-electron chi connectivity index (χ0n) is 18.5. The molecule has 6 atom stereocenters. The van der Waals surface area contributed by atoms with Gasteiger partial charge in [0.2, 0.25) is 12.1 Å². The van der Waals surface area contributed by atoms with Gasteiger partial charge in [-0.2, -0.15) is 0 Å². The molecule has 9 nitrogen and oxygen atoms in total. The van der Waals surface area contributed by atoms with E-state index in [0.717, 1.165) is 0 Å². The number of ketones is 3. The first-order valence-electron chi connectivity index (χ1n) is 11.1. The molecule has 2 aromatic carbocycles. The van der Waals surface area contributed by atoms with Crippen LogP contribution in [0.25, 0.3) is 0 Å². The number of rotatable bonds is 2. The fraction of sp³-hybridized carbons (Fsp3) is 0.400. The summed E-state index contributed by atoms with van der Waals surface area (Å²) in [6.07, 6.45) is -6.06. The lowest BCUT2D eigenvalue weighted by molar-refractivity contribution is -0.268. The highest BCUT2D eigenvalue weighted by Gasteiger charge is 2.45. The van der Waals surface area contributed by atoms with Crippen LogP contribution in [0.5, 0.6) is 11.5 Å². The minimum atomic E-state index is -1.62. The Bertz CT molecular complexity index is 1230. The molecule has 1 aliphatic heterocycles. The number of phenols is 1. The molecule has 2 aromatic rings. The van der Waals surface area contributed by atoms with Crippen molar-refractivity contribution in [2.45, 2.75) is 57.4 Å². The molecule has 0 bridgehead atoms. The van der Waals surface area contributed by atoms with Crippen molar-refractivity contribution in [1.29, 1.82) is 0 Å². The lowest BCUT2D eigenvalue weighted by atomic mass is 9.74. The summed E-state index contributed by atoms with van der Waals surface area (Å²) in [5.41, 5.74) is 0.214. The van der Waals surface area contributed by atoms with Crippen molar-refractivity contribution in [3.63, 3.8) is 0 Å². The normalized spacial score (nSPS) is 30.4. The smallest absolute Gasteiger partial charge is 0.229 e. The first kappa shape index (κ1) is 22.7. The van der Waals surface area contributed by atoms with Crippen molar-refractivity contribution < 1.29 is 44.3 Å². The van der Waals surface area contributed by atoms with Gasteiger partial charge >= 0.3 is 0 Å². The highest BCUT2D eigenvalue weighted by atomic mass is 16.7. The van der Waals surface area contributed by atoms with Crippen LogP contribution in [-0.4, -0.2) is 68.5 Å². The second-order valence-electron chi connectivity index (χ2n) is 9.25. The third-order valence-electron chi connectivity index (χ3n) is 6.77. The fourth-order valence-electron chi connectivity index (χ4n) is 5.07. The quantitative estimate of drug-likeness (QED) is 0.434. The van der Waals surface area contributed by atoms with Crippen molar-refractivity contribution in [3.05, 3.63) is 57.6 Å². The summed E-state index contributed by atoms with van der Waals surface area (Å²) in [5, 5.41) is 41.0. The summed E-state index contributed by atoms with van der Waals surface area (Å²) in [6.45, 7) is 3.39. The summed E-state index contributed by atoms with van der Waals surface area (Å²) in [7, 11) is 0. The van der Waals surface area contributed by atoms with Crippen LogP contribution in [-0.2, 0) is 11.2 Å². The van der Waals surface area contributed by atoms with Crippen LogP contribution in [0.4, 0.5) is 0 Å². The molecule has 0 amide bonds. The van der Waals surface area contributed by atoms with Crippen LogP contribution in [0.1, 0.15) is 68.0 Å². The molecule has 5 rings (SSSR count). The molecule has 3 aliphatic rings. The average molecular weight is 468 g/mol. The van der Waals surface area contributed by atoms with E-state index in [9.17, 15) is 34.8 Å². The van der Waals surface area contributed by atoms with Crippen molar-refractivity contribution >= 4 is 17.3 Å². The number of carbonyl (C=O) groups is 3. The summed E-state index contributed by atoms with van der Waals surface area (Å²) in [4.78, 5) is 39.9. The van der Waals surface area contributed by atoms with Gasteiger partial charge in [0.05, 0.1) is 17.2 Å². The van der Waals surface area contributed by atoms with Gasteiger partial charge < -0.3 is 29.9 Å². The molecular formula is C25H24O9. The van der Waals surface area contributed by atoms with Crippen molar-refractivity contribution in [1.82, 2.24) is 0 Å². The number of ether oxygens (including phenoxy) is 2. The topological polar surface area (TPSA) is 151 Å². The summed E-state index contributed by atoms with van der Waals surface area (Å²) >= 11 is 0. The number of Topliss-reactive ketones (excluding diaryl/α,β-unsaturated/α-hetero) is 1. The standard InChI is InChI=1S/C25H24O9/c1-9-6-11-8-14(27)18-19(16(11)13(26)7-9)21(29)12-4-3-5-15(17(12)22(18)30)34-25-24(32)23(31)20(28)10(2)33-25/h3-5,8-10,20,23-25,27-28,31-32H,6-7H2,1-2H3/t9-,10-,20-,23+,24-,25-/m0/s1. The number of hydrogen-bond acceptors (Lipinski definition) is 9. The lowest BCUT2D eigenvalue weighted by Gasteiger charge is -2.39. The molecule has 1 saturated heterocycles. The SMILES string of the molecule is C[C@@H]1CC(=O)c2c(cc(O)c3c2C(=O)c2cccc(O[C@@H]4O[C@@H](C)[C@H](O)[C@@H](O)[C@@H]4O)c2C3=O)C1. The molecule has 0 radical (unpaired) electrons. The Morgan fingerprint density at radius 2 is 1.62 bits per heavy atom. The van der Waals surface area contributed by atoms with E-state index in [4.69, 9.17) is 9.47 Å². The molecule has 0 saturated carbocycles. The maximum absolute atomic E-state index is 13.6. The van der Waals surface area contributed by atoms with Crippen LogP contribution in [0, 0.1) is 5.92 Å². The van der Waals surface area contributed by atoms with Crippen LogP contribution in [0.15, 0.2) is 24.3 Å². The molecule has 0 spiro atoms. The number of aliphatic hydroxyl groups is 3. The second-order valence-corrected chi connectivity index (χ2v) is 9.25. The average Bonchev–Trinajstić information content (AvgIpc) is 2.78. The third-order valence-corrected chi connectivity index (χ3v) is 6.77. The second kappa shape index (κ2) is 7.99. The minimum Gasteiger partial charge on any atom is -0.507 e.